The quantitative estimate of drug-likeness (QED) is 0.732. The Kier molecular flexibility index (Phi) is 5.40. The zero-order valence-electron chi connectivity index (χ0n) is 12.0. The van der Waals surface area contributed by atoms with E-state index in [9.17, 15) is 4.79 Å². The third-order valence-electron chi connectivity index (χ3n) is 3.56. The maximum atomic E-state index is 12.3. The smallest absolute Gasteiger partial charge is 0.176 e. The SMILES string of the molecule is CC(c1ccccc1Cl)N(C)CC(=O)c1cccc(Cl)c1. The van der Waals surface area contributed by atoms with Crippen molar-refractivity contribution in [1.29, 1.82) is 0 Å². The highest BCUT2D eigenvalue weighted by atomic mass is 35.5. The van der Waals surface area contributed by atoms with E-state index < -0.39 is 0 Å². The second-order valence-corrected chi connectivity index (χ2v) is 5.89. The van der Waals surface area contributed by atoms with Crippen molar-refractivity contribution in [2.75, 3.05) is 13.6 Å². The van der Waals surface area contributed by atoms with Gasteiger partial charge < -0.3 is 0 Å². The number of Topliss-reactive ketones (excluding diaryl/α,β-unsaturated/α-hetero) is 1. The van der Waals surface area contributed by atoms with Gasteiger partial charge in [0.1, 0.15) is 0 Å². The van der Waals surface area contributed by atoms with Crippen LogP contribution in [0, 0.1) is 0 Å². The van der Waals surface area contributed by atoms with Gasteiger partial charge in [-0.1, -0.05) is 53.5 Å². The van der Waals surface area contributed by atoms with E-state index in [1.165, 1.54) is 0 Å². The molecule has 110 valence electrons. The van der Waals surface area contributed by atoms with Crippen LogP contribution in [0.3, 0.4) is 0 Å². The van der Waals surface area contributed by atoms with Gasteiger partial charge in [0.05, 0.1) is 6.54 Å². The van der Waals surface area contributed by atoms with E-state index in [-0.39, 0.29) is 11.8 Å². The van der Waals surface area contributed by atoms with Gasteiger partial charge in [-0.05, 0) is 37.7 Å². The van der Waals surface area contributed by atoms with E-state index >= 15 is 0 Å². The van der Waals surface area contributed by atoms with Crippen LogP contribution < -0.4 is 0 Å². The van der Waals surface area contributed by atoms with Crippen molar-refractivity contribution in [3.8, 4) is 0 Å². The number of ketones is 1. The summed E-state index contributed by atoms with van der Waals surface area (Å²) in [6, 6.07) is 14.8. The number of benzene rings is 2. The lowest BCUT2D eigenvalue weighted by atomic mass is 10.1. The first-order chi connectivity index (χ1) is 9.99. The fourth-order valence-corrected chi connectivity index (χ4v) is 2.65. The Balaban J connectivity index is 2.09. The molecule has 0 bridgehead atoms. The maximum Gasteiger partial charge on any atom is 0.176 e. The van der Waals surface area contributed by atoms with Crippen LogP contribution >= 0.6 is 23.2 Å². The van der Waals surface area contributed by atoms with Gasteiger partial charge in [0, 0.05) is 21.7 Å². The minimum atomic E-state index is 0.0407. The highest BCUT2D eigenvalue weighted by Crippen LogP contribution is 2.26. The highest BCUT2D eigenvalue weighted by Gasteiger charge is 2.17. The molecule has 1 atom stereocenters. The summed E-state index contributed by atoms with van der Waals surface area (Å²) in [6.45, 7) is 2.35. The van der Waals surface area contributed by atoms with Crippen LogP contribution in [0.5, 0.6) is 0 Å². The fraction of sp³-hybridized carbons (Fsp3) is 0.235. The fourth-order valence-electron chi connectivity index (χ4n) is 2.17. The lowest BCUT2D eigenvalue weighted by molar-refractivity contribution is 0.0925. The molecule has 0 radical (unpaired) electrons. The van der Waals surface area contributed by atoms with Crippen LogP contribution in [0.25, 0.3) is 0 Å². The van der Waals surface area contributed by atoms with E-state index in [2.05, 4.69) is 0 Å². The van der Waals surface area contributed by atoms with Crippen molar-refractivity contribution >= 4 is 29.0 Å². The Morgan fingerprint density at radius 2 is 1.86 bits per heavy atom. The van der Waals surface area contributed by atoms with Gasteiger partial charge in [-0.15, -0.1) is 0 Å². The molecule has 21 heavy (non-hydrogen) atoms. The van der Waals surface area contributed by atoms with Gasteiger partial charge in [0.25, 0.3) is 0 Å². The van der Waals surface area contributed by atoms with Crippen LogP contribution in [-0.2, 0) is 0 Å². The first-order valence-corrected chi connectivity index (χ1v) is 7.48. The lowest BCUT2D eigenvalue weighted by Crippen LogP contribution is -2.29. The molecule has 0 aliphatic rings. The van der Waals surface area contributed by atoms with Gasteiger partial charge in [-0.2, -0.15) is 0 Å². The molecule has 1 unspecified atom stereocenters. The third kappa shape index (κ3) is 4.07. The Hall–Kier alpha value is -1.35. The number of likely N-dealkylation sites (N-methyl/N-ethyl adjacent to an activating group) is 1. The van der Waals surface area contributed by atoms with Crippen molar-refractivity contribution in [3.05, 3.63) is 69.7 Å². The Labute approximate surface area is 135 Å². The van der Waals surface area contributed by atoms with Crippen LogP contribution in [0.15, 0.2) is 48.5 Å². The molecule has 0 aliphatic heterocycles. The summed E-state index contributed by atoms with van der Waals surface area (Å²) in [5.41, 5.74) is 1.64. The Bertz CT molecular complexity index is 642. The summed E-state index contributed by atoms with van der Waals surface area (Å²) in [7, 11) is 1.91. The standard InChI is InChI=1S/C17H17Cl2NO/c1-12(15-8-3-4-9-16(15)19)20(2)11-17(21)13-6-5-7-14(18)10-13/h3-10,12H,11H2,1-2H3. The number of carbonyl (C=O) groups excluding carboxylic acids is 1. The number of hydrogen-bond acceptors (Lipinski definition) is 2. The van der Waals surface area contributed by atoms with Crippen molar-refractivity contribution in [2.45, 2.75) is 13.0 Å². The summed E-state index contributed by atoms with van der Waals surface area (Å²) in [5.74, 6) is 0.0407. The summed E-state index contributed by atoms with van der Waals surface area (Å²) >= 11 is 12.1. The Morgan fingerprint density at radius 3 is 2.52 bits per heavy atom. The van der Waals surface area contributed by atoms with Gasteiger partial charge in [-0.25, -0.2) is 0 Å². The molecule has 0 heterocycles. The molecule has 0 spiro atoms. The van der Waals surface area contributed by atoms with Gasteiger partial charge in [0.2, 0.25) is 0 Å². The molecule has 2 nitrogen and oxygen atoms in total. The second kappa shape index (κ2) is 7.08. The van der Waals surface area contributed by atoms with E-state index in [4.69, 9.17) is 23.2 Å². The molecular weight excluding hydrogens is 305 g/mol. The topological polar surface area (TPSA) is 20.3 Å². The highest BCUT2D eigenvalue weighted by molar-refractivity contribution is 6.31. The monoisotopic (exact) mass is 321 g/mol. The van der Waals surface area contributed by atoms with E-state index in [0.29, 0.717) is 22.2 Å². The average molecular weight is 322 g/mol. The average Bonchev–Trinajstić information content (AvgIpc) is 2.47. The first-order valence-electron chi connectivity index (χ1n) is 6.72. The second-order valence-electron chi connectivity index (χ2n) is 5.05. The minimum Gasteiger partial charge on any atom is -0.293 e. The van der Waals surface area contributed by atoms with Gasteiger partial charge in [-0.3, -0.25) is 9.69 Å². The number of halogens is 2. The predicted octanol–water partition coefficient (Wildman–Crippen LogP) is 4.87. The molecule has 0 saturated carbocycles. The lowest BCUT2D eigenvalue weighted by Gasteiger charge is -2.25. The molecule has 0 saturated heterocycles. The molecule has 0 N–H and O–H groups in total. The molecule has 2 aromatic carbocycles. The number of carbonyl (C=O) groups is 1. The summed E-state index contributed by atoms with van der Waals surface area (Å²) in [6.07, 6.45) is 0. The summed E-state index contributed by atoms with van der Waals surface area (Å²) < 4.78 is 0. The van der Waals surface area contributed by atoms with Gasteiger partial charge in [0.15, 0.2) is 5.78 Å². The number of rotatable bonds is 5. The largest absolute Gasteiger partial charge is 0.293 e. The number of nitrogens with zero attached hydrogens (tertiary/aromatic N) is 1. The molecule has 0 aromatic heterocycles. The number of hydrogen-bond donors (Lipinski definition) is 0. The van der Waals surface area contributed by atoms with Crippen LogP contribution in [0.2, 0.25) is 10.0 Å². The van der Waals surface area contributed by atoms with Crippen LogP contribution in [0.4, 0.5) is 0 Å². The van der Waals surface area contributed by atoms with Crippen LogP contribution in [-0.4, -0.2) is 24.3 Å². The maximum absolute atomic E-state index is 12.3. The van der Waals surface area contributed by atoms with Gasteiger partial charge >= 0.3 is 0 Å². The van der Waals surface area contributed by atoms with E-state index in [0.717, 1.165) is 5.56 Å². The van der Waals surface area contributed by atoms with Crippen molar-refractivity contribution in [3.63, 3.8) is 0 Å². The molecule has 2 rings (SSSR count). The van der Waals surface area contributed by atoms with Crippen molar-refractivity contribution in [1.82, 2.24) is 4.90 Å². The molecule has 2 aromatic rings. The van der Waals surface area contributed by atoms with Crippen molar-refractivity contribution < 1.29 is 4.79 Å². The molecular formula is C17H17Cl2NO. The summed E-state index contributed by atoms with van der Waals surface area (Å²) in [4.78, 5) is 14.3. The predicted molar refractivity (Wildman–Crippen MR) is 88.3 cm³/mol. The van der Waals surface area contributed by atoms with Crippen molar-refractivity contribution in [2.24, 2.45) is 0 Å². The van der Waals surface area contributed by atoms with E-state index in [1.807, 2.05) is 43.1 Å². The third-order valence-corrected chi connectivity index (χ3v) is 4.14. The normalized spacial score (nSPS) is 12.4. The zero-order chi connectivity index (χ0) is 15.4. The molecule has 0 amide bonds. The summed E-state index contributed by atoms with van der Waals surface area (Å²) in [5, 5.41) is 1.29. The van der Waals surface area contributed by atoms with E-state index in [1.54, 1.807) is 24.3 Å². The molecule has 0 aliphatic carbocycles. The first kappa shape index (κ1) is 16.0. The zero-order valence-corrected chi connectivity index (χ0v) is 13.5. The Morgan fingerprint density at radius 1 is 1.14 bits per heavy atom. The minimum absolute atomic E-state index is 0.0407. The molecule has 0 fully saturated rings. The van der Waals surface area contributed by atoms with Crippen LogP contribution in [0.1, 0.15) is 28.9 Å². The molecule has 4 heteroatoms.